The summed E-state index contributed by atoms with van der Waals surface area (Å²) in [4.78, 5) is 28.1. The number of para-hydroxylation sites is 1. The summed E-state index contributed by atoms with van der Waals surface area (Å²) in [6.45, 7) is 1.95. The molecular weight excluding hydrogens is 368 g/mol. The fraction of sp³-hybridized carbons (Fsp3) is 0.136. The van der Waals surface area contributed by atoms with Gasteiger partial charge >= 0.3 is 0 Å². The molecule has 0 spiro atoms. The Labute approximate surface area is 169 Å². The van der Waals surface area contributed by atoms with Gasteiger partial charge in [-0.25, -0.2) is 4.98 Å². The van der Waals surface area contributed by atoms with E-state index in [1.54, 1.807) is 49.7 Å². The molecule has 0 saturated carbocycles. The van der Waals surface area contributed by atoms with Gasteiger partial charge in [0.2, 0.25) is 5.91 Å². The molecule has 3 rings (SSSR count). The van der Waals surface area contributed by atoms with E-state index in [2.05, 4.69) is 20.9 Å². The highest BCUT2D eigenvalue weighted by Gasteiger charge is 2.09. The zero-order valence-electron chi connectivity index (χ0n) is 16.2. The summed E-state index contributed by atoms with van der Waals surface area (Å²) in [5.74, 6) is 0.921. The zero-order valence-corrected chi connectivity index (χ0v) is 16.2. The first-order valence-electron chi connectivity index (χ1n) is 9.06. The number of methoxy groups -OCH3 is 1. The van der Waals surface area contributed by atoms with Crippen LogP contribution in [0, 0.1) is 0 Å². The lowest BCUT2D eigenvalue weighted by atomic mass is 10.2. The topological polar surface area (TPSA) is 92.4 Å². The lowest BCUT2D eigenvalue weighted by molar-refractivity contribution is -0.114. The largest absolute Gasteiger partial charge is 0.496 e. The van der Waals surface area contributed by atoms with Crippen molar-refractivity contribution in [2.24, 2.45) is 0 Å². The Hall–Kier alpha value is -3.87. The number of aromatic nitrogens is 1. The molecule has 1 aromatic heterocycles. The number of amides is 2. The highest BCUT2D eigenvalue weighted by Crippen LogP contribution is 2.19. The van der Waals surface area contributed by atoms with Gasteiger partial charge in [-0.2, -0.15) is 0 Å². The van der Waals surface area contributed by atoms with E-state index < -0.39 is 0 Å². The van der Waals surface area contributed by atoms with Crippen LogP contribution >= 0.6 is 0 Å². The van der Waals surface area contributed by atoms with Crippen LogP contribution in [0.2, 0.25) is 0 Å². The molecule has 7 nitrogen and oxygen atoms in total. The maximum absolute atomic E-state index is 12.6. The molecular formula is C22H22N4O3. The number of carbonyl (C=O) groups excluding carboxylic acids is 2. The lowest BCUT2D eigenvalue weighted by Gasteiger charge is -2.11. The number of ether oxygens (including phenoxy) is 1. The Balaban J connectivity index is 1.67. The first-order valence-corrected chi connectivity index (χ1v) is 9.06. The Kier molecular flexibility index (Phi) is 6.42. The van der Waals surface area contributed by atoms with Gasteiger partial charge in [0, 0.05) is 42.2 Å². The Morgan fingerprint density at radius 3 is 2.48 bits per heavy atom. The van der Waals surface area contributed by atoms with Gasteiger partial charge < -0.3 is 20.7 Å². The highest BCUT2D eigenvalue weighted by atomic mass is 16.5. The second kappa shape index (κ2) is 9.36. The van der Waals surface area contributed by atoms with Crippen molar-refractivity contribution < 1.29 is 14.3 Å². The number of nitrogens with zero attached hydrogens (tertiary/aromatic N) is 1. The van der Waals surface area contributed by atoms with Gasteiger partial charge in [-0.3, -0.25) is 9.59 Å². The number of hydrogen-bond donors (Lipinski definition) is 3. The third kappa shape index (κ3) is 5.55. The van der Waals surface area contributed by atoms with Crippen molar-refractivity contribution >= 4 is 29.0 Å². The van der Waals surface area contributed by atoms with Gasteiger partial charge in [-0.05, 0) is 36.4 Å². The van der Waals surface area contributed by atoms with E-state index in [9.17, 15) is 9.59 Å². The van der Waals surface area contributed by atoms with Gasteiger partial charge in [0.25, 0.3) is 5.91 Å². The predicted octanol–water partition coefficient (Wildman–Crippen LogP) is 3.91. The third-order valence-corrected chi connectivity index (χ3v) is 4.12. The minimum atomic E-state index is -0.271. The van der Waals surface area contributed by atoms with E-state index in [4.69, 9.17) is 4.74 Å². The molecule has 0 unspecified atom stereocenters. The molecule has 7 heteroatoms. The standard InChI is InChI=1S/C22H22N4O3/c1-15(27)25-18-7-5-8-19(13-18)26-22(28)16-10-11-23-21(12-16)24-14-17-6-3-4-9-20(17)29-2/h3-13H,14H2,1-2H3,(H,23,24)(H,25,27)(H,26,28). The van der Waals surface area contributed by atoms with Crippen LogP contribution in [-0.2, 0) is 11.3 Å². The number of benzene rings is 2. The first-order chi connectivity index (χ1) is 14.0. The molecule has 2 amide bonds. The van der Waals surface area contributed by atoms with Crippen LogP contribution in [0.1, 0.15) is 22.8 Å². The number of pyridine rings is 1. The molecule has 148 valence electrons. The first kappa shape index (κ1) is 19.9. The zero-order chi connectivity index (χ0) is 20.6. The summed E-state index contributed by atoms with van der Waals surface area (Å²) in [6, 6.07) is 18.0. The smallest absolute Gasteiger partial charge is 0.255 e. The average Bonchev–Trinajstić information content (AvgIpc) is 2.72. The van der Waals surface area contributed by atoms with Crippen LogP contribution < -0.4 is 20.7 Å². The van der Waals surface area contributed by atoms with Crippen LogP contribution in [-0.4, -0.2) is 23.9 Å². The van der Waals surface area contributed by atoms with E-state index in [0.29, 0.717) is 29.3 Å². The lowest BCUT2D eigenvalue weighted by Crippen LogP contribution is -2.13. The van der Waals surface area contributed by atoms with Crippen molar-refractivity contribution in [3.8, 4) is 5.75 Å². The monoisotopic (exact) mass is 390 g/mol. The van der Waals surface area contributed by atoms with Crippen LogP contribution in [0.15, 0.2) is 66.9 Å². The maximum Gasteiger partial charge on any atom is 0.255 e. The number of rotatable bonds is 7. The van der Waals surface area contributed by atoms with Crippen molar-refractivity contribution in [1.82, 2.24) is 4.98 Å². The predicted molar refractivity (Wildman–Crippen MR) is 113 cm³/mol. The molecule has 0 bridgehead atoms. The molecule has 3 N–H and O–H groups in total. The fourth-order valence-corrected chi connectivity index (χ4v) is 2.78. The number of carbonyl (C=O) groups is 2. The van der Waals surface area contributed by atoms with Gasteiger partial charge in [0.1, 0.15) is 11.6 Å². The van der Waals surface area contributed by atoms with E-state index in [1.807, 2.05) is 24.3 Å². The maximum atomic E-state index is 12.6. The Morgan fingerprint density at radius 2 is 1.72 bits per heavy atom. The molecule has 0 aliphatic carbocycles. The van der Waals surface area contributed by atoms with Crippen LogP contribution in [0.25, 0.3) is 0 Å². The molecule has 29 heavy (non-hydrogen) atoms. The number of hydrogen-bond acceptors (Lipinski definition) is 5. The van der Waals surface area contributed by atoms with Crippen molar-refractivity contribution in [1.29, 1.82) is 0 Å². The summed E-state index contributed by atoms with van der Waals surface area (Å²) in [5.41, 5.74) is 2.65. The molecule has 0 fully saturated rings. The van der Waals surface area contributed by atoms with E-state index in [1.165, 1.54) is 6.92 Å². The van der Waals surface area contributed by atoms with Gasteiger partial charge in [-0.1, -0.05) is 24.3 Å². The second-order valence-corrected chi connectivity index (χ2v) is 6.31. The normalized spacial score (nSPS) is 10.1. The fourth-order valence-electron chi connectivity index (χ4n) is 2.78. The number of nitrogens with one attached hydrogen (secondary N) is 3. The Morgan fingerprint density at radius 1 is 0.966 bits per heavy atom. The molecule has 3 aromatic rings. The van der Waals surface area contributed by atoms with Crippen LogP contribution in [0.5, 0.6) is 5.75 Å². The summed E-state index contributed by atoms with van der Waals surface area (Å²) in [5, 5.41) is 8.72. The van der Waals surface area contributed by atoms with Crippen molar-refractivity contribution in [3.63, 3.8) is 0 Å². The molecule has 0 aliphatic heterocycles. The van der Waals surface area contributed by atoms with Gasteiger partial charge in [-0.15, -0.1) is 0 Å². The summed E-state index contributed by atoms with van der Waals surface area (Å²) in [6.07, 6.45) is 1.58. The second-order valence-electron chi connectivity index (χ2n) is 6.31. The molecule has 0 radical (unpaired) electrons. The van der Waals surface area contributed by atoms with Crippen LogP contribution in [0.3, 0.4) is 0 Å². The SMILES string of the molecule is COc1ccccc1CNc1cc(C(=O)Nc2cccc(NC(C)=O)c2)ccn1. The van der Waals surface area contributed by atoms with Gasteiger partial charge in [0.05, 0.1) is 7.11 Å². The number of anilines is 3. The molecule has 0 atom stereocenters. The van der Waals surface area contributed by atoms with Crippen molar-refractivity contribution in [2.75, 3.05) is 23.1 Å². The van der Waals surface area contributed by atoms with E-state index in [-0.39, 0.29) is 11.8 Å². The highest BCUT2D eigenvalue weighted by molar-refractivity contribution is 6.05. The molecule has 1 heterocycles. The van der Waals surface area contributed by atoms with Crippen molar-refractivity contribution in [3.05, 3.63) is 78.0 Å². The minimum Gasteiger partial charge on any atom is -0.496 e. The quantitative estimate of drug-likeness (QED) is 0.569. The molecule has 2 aromatic carbocycles. The molecule has 0 aliphatic rings. The third-order valence-electron chi connectivity index (χ3n) is 4.12. The van der Waals surface area contributed by atoms with E-state index >= 15 is 0 Å². The minimum absolute atomic E-state index is 0.173. The average molecular weight is 390 g/mol. The van der Waals surface area contributed by atoms with Gasteiger partial charge in [0.15, 0.2) is 0 Å². The summed E-state index contributed by atoms with van der Waals surface area (Å²) < 4.78 is 5.34. The van der Waals surface area contributed by atoms with E-state index in [0.717, 1.165) is 11.3 Å². The molecule has 0 saturated heterocycles. The Bertz CT molecular complexity index is 1020. The van der Waals surface area contributed by atoms with Crippen LogP contribution in [0.4, 0.5) is 17.2 Å². The summed E-state index contributed by atoms with van der Waals surface area (Å²) >= 11 is 0. The van der Waals surface area contributed by atoms with Crippen molar-refractivity contribution in [2.45, 2.75) is 13.5 Å². The summed E-state index contributed by atoms with van der Waals surface area (Å²) in [7, 11) is 1.63.